The van der Waals surface area contributed by atoms with Crippen molar-refractivity contribution in [3.63, 3.8) is 0 Å². The Bertz CT molecular complexity index is 40.2. The van der Waals surface area contributed by atoms with E-state index in [0.717, 1.165) is 0 Å². The quantitative estimate of drug-likeness (QED) is 0.432. The monoisotopic (exact) mass is 75.0 g/mol. The first-order chi connectivity index (χ1) is 2.30. The van der Waals surface area contributed by atoms with Crippen molar-refractivity contribution in [1.82, 2.24) is 0 Å². The number of hydrogen-bond donors (Lipinski definition) is 1. The molecule has 1 aliphatic carbocycles. The molecule has 0 bridgehead atoms. The summed E-state index contributed by atoms with van der Waals surface area (Å²) < 4.78 is 11.4. The van der Waals surface area contributed by atoms with E-state index in [1.807, 2.05) is 0 Å². The number of alkyl halides is 1. The molecule has 1 fully saturated rings. The lowest BCUT2D eigenvalue weighted by atomic mass is 10.8. The van der Waals surface area contributed by atoms with Crippen LogP contribution in [0.1, 0.15) is 6.42 Å². The fourth-order valence-corrected chi connectivity index (χ4v) is 0.181. The van der Waals surface area contributed by atoms with Crippen LogP contribution >= 0.6 is 0 Å². The molecule has 0 saturated heterocycles. The van der Waals surface area contributed by atoms with Crippen LogP contribution in [0.3, 0.4) is 0 Å². The Hall–Kier alpha value is -0.110. The molecule has 30 valence electrons. The molecule has 0 radical (unpaired) electrons. The van der Waals surface area contributed by atoms with Crippen molar-refractivity contribution in [1.29, 1.82) is 0 Å². The van der Waals surface area contributed by atoms with E-state index < -0.39 is 6.17 Å². The van der Waals surface area contributed by atoms with Gasteiger partial charge in [-0.15, -0.1) is 0 Å². The molecule has 1 nitrogen and oxygen atoms in total. The predicted molar refractivity (Wildman–Crippen MR) is 17.5 cm³/mol. The van der Waals surface area contributed by atoms with E-state index >= 15 is 0 Å². The lowest BCUT2D eigenvalue weighted by Crippen LogP contribution is -2.00. The smallest absolute Gasteiger partial charge is 0.117 e. The Labute approximate surface area is 30.0 Å². The zero-order valence-electron chi connectivity index (χ0n) is 2.82. The fourth-order valence-electron chi connectivity index (χ4n) is 0.181. The molecule has 1 rings (SSSR count). The van der Waals surface area contributed by atoms with E-state index in [2.05, 4.69) is 0 Å². The normalized spacial score (nSPS) is 49.2. The summed E-state index contributed by atoms with van der Waals surface area (Å²) in [6.07, 6.45) is -0.0880. The first-order valence-electron chi connectivity index (χ1n) is 1.70. The SMILES string of the molecule is NC1C[C@@H]1F. The topological polar surface area (TPSA) is 26.0 Å². The highest BCUT2D eigenvalue weighted by Crippen LogP contribution is 2.21. The molecule has 0 amide bonds. The molecule has 1 saturated carbocycles. The molecule has 0 spiro atoms. The van der Waals surface area contributed by atoms with E-state index in [0.29, 0.717) is 6.42 Å². The lowest BCUT2D eigenvalue weighted by Gasteiger charge is -1.66. The summed E-state index contributed by atoms with van der Waals surface area (Å²) >= 11 is 0. The van der Waals surface area contributed by atoms with Gasteiger partial charge in [0.25, 0.3) is 0 Å². The number of halogens is 1. The first-order valence-corrected chi connectivity index (χ1v) is 1.70. The van der Waals surface area contributed by atoms with Gasteiger partial charge >= 0.3 is 0 Å². The third-order valence-electron chi connectivity index (χ3n) is 0.759. The minimum Gasteiger partial charge on any atom is -0.325 e. The molecular weight excluding hydrogens is 69.0 g/mol. The van der Waals surface area contributed by atoms with E-state index in [-0.39, 0.29) is 6.04 Å². The van der Waals surface area contributed by atoms with E-state index in [4.69, 9.17) is 5.73 Å². The van der Waals surface area contributed by atoms with Crippen molar-refractivity contribution in [2.45, 2.75) is 18.6 Å². The predicted octanol–water partition coefficient (Wildman–Crippen LogP) is 0.0555. The standard InChI is InChI=1S/C3H6FN/c4-2-1-3(2)5/h2-3H,1,5H2/t2-,3?/m0/s1. The summed E-state index contributed by atoms with van der Waals surface area (Å²) in [7, 11) is 0. The molecule has 2 N–H and O–H groups in total. The average molecular weight is 75.1 g/mol. The summed E-state index contributed by atoms with van der Waals surface area (Å²) in [5.74, 6) is 0. The van der Waals surface area contributed by atoms with Gasteiger partial charge in [0.15, 0.2) is 0 Å². The van der Waals surface area contributed by atoms with Gasteiger partial charge in [-0.05, 0) is 6.42 Å². The summed E-state index contributed by atoms with van der Waals surface area (Å²) in [5, 5.41) is 0. The minimum absolute atomic E-state index is 0.116. The molecule has 1 aliphatic rings. The third kappa shape index (κ3) is 0.401. The molecule has 2 atom stereocenters. The molecule has 1 unspecified atom stereocenters. The van der Waals surface area contributed by atoms with Gasteiger partial charge in [0.2, 0.25) is 0 Å². The number of rotatable bonds is 0. The van der Waals surface area contributed by atoms with Gasteiger partial charge in [-0.2, -0.15) is 0 Å². The van der Waals surface area contributed by atoms with Crippen molar-refractivity contribution in [2.24, 2.45) is 5.73 Å². The van der Waals surface area contributed by atoms with Crippen LogP contribution in [-0.2, 0) is 0 Å². The second-order valence-electron chi connectivity index (χ2n) is 1.42. The van der Waals surface area contributed by atoms with Gasteiger partial charge in [0.05, 0.1) is 0 Å². The Kier molecular flexibility index (Phi) is 0.424. The largest absolute Gasteiger partial charge is 0.325 e. The van der Waals surface area contributed by atoms with Crippen molar-refractivity contribution in [2.75, 3.05) is 0 Å². The Morgan fingerprint density at radius 2 is 2.00 bits per heavy atom. The fraction of sp³-hybridized carbons (Fsp3) is 1.00. The van der Waals surface area contributed by atoms with Gasteiger partial charge < -0.3 is 5.73 Å². The van der Waals surface area contributed by atoms with Crippen LogP contribution in [0.4, 0.5) is 4.39 Å². The lowest BCUT2D eigenvalue weighted by molar-refractivity contribution is 0.467. The van der Waals surface area contributed by atoms with Crippen LogP contribution in [-0.4, -0.2) is 12.2 Å². The van der Waals surface area contributed by atoms with Crippen molar-refractivity contribution < 1.29 is 4.39 Å². The highest BCUT2D eigenvalue weighted by Gasteiger charge is 2.32. The average Bonchev–Trinajstić information content (AvgIpc) is 1.79. The van der Waals surface area contributed by atoms with Crippen LogP contribution in [0.25, 0.3) is 0 Å². The summed E-state index contributed by atoms with van der Waals surface area (Å²) in [6, 6.07) is -0.116. The second-order valence-corrected chi connectivity index (χ2v) is 1.42. The molecule has 0 aromatic carbocycles. The zero-order valence-corrected chi connectivity index (χ0v) is 2.82. The van der Waals surface area contributed by atoms with E-state index in [1.54, 1.807) is 0 Å². The molecule has 5 heavy (non-hydrogen) atoms. The molecule has 0 aromatic rings. The highest BCUT2D eigenvalue weighted by molar-refractivity contribution is 4.89. The maximum atomic E-state index is 11.4. The highest BCUT2D eigenvalue weighted by atomic mass is 19.1. The molecule has 2 heteroatoms. The zero-order chi connectivity index (χ0) is 3.86. The van der Waals surface area contributed by atoms with Gasteiger partial charge in [-0.25, -0.2) is 4.39 Å². The van der Waals surface area contributed by atoms with Crippen molar-refractivity contribution in [3.8, 4) is 0 Å². The van der Waals surface area contributed by atoms with Crippen molar-refractivity contribution in [3.05, 3.63) is 0 Å². The minimum atomic E-state index is -0.671. The second kappa shape index (κ2) is 0.684. The number of hydrogen-bond acceptors (Lipinski definition) is 1. The maximum Gasteiger partial charge on any atom is 0.117 e. The van der Waals surface area contributed by atoms with E-state index in [1.165, 1.54) is 0 Å². The van der Waals surface area contributed by atoms with Gasteiger partial charge in [0.1, 0.15) is 6.17 Å². The maximum absolute atomic E-state index is 11.4. The molecule has 0 heterocycles. The van der Waals surface area contributed by atoms with Crippen molar-refractivity contribution >= 4 is 0 Å². The number of nitrogens with two attached hydrogens (primary N) is 1. The van der Waals surface area contributed by atoms with E-state index in [9.17, 15) is 4.39 Å². The van der Waals surface area contributed by atoms with Crippen LogP contribution in [0.2, 0.25) is 0 Å². The summed E-state index contributed by atoms with van der Waals surface area (Å²) in [4.78, 5) is 0. The summed E-state index contributed by atoms with van der Waals surface area (Å²) in [6.45, 7) is 0. The van der Waals surface area contributed by atoms with Gasteiger partial charge in [-0.3, -0.25) is 0 Å². The van der Waals surface area contributed by atoms with Gasteiger partial charge in [-0.1, -0.05) is 0 Å². The summed E-state index contributed by atoms with van der Waals surface area (Å²) in [5.41, 5.74) is 4.99. The molecule has 0 aliphatic heterocycles. The molecule has 0 aromatic heterocycles. The first kappa shape index (κ1) is 3.09. The van der Waals surface area contributed by atoms with Gasteiger partial charge in [0, 0.05) is 6.04 Å². The van der Waals surface area contributed by atoms with Crippen LogP contribution < -0.4 is 5.73 Å². The van der Waals surface area contributed by atoms with Crippen LogP contribution in [0.15, 0.2) is 0 Å². The van der Waals surface area contributed by atoms with Crippen LogP contribution in [0.5, 0.6) is 0 Å². The Morgan fingerprint density at radius 3 is 2.00 bits per heavy atom. The Balaban J connectivity index is 2.20. The molecular formula is C3H6FN. The van der Waals surface area contributed by atoms with Crippen LogP contribution in [0, 0.1) is 0 Å². The third-order valence-corrected chi connectivity index (χ3v) is 0.759. The Morgan fingerprint density at radius 1 is 1.80 bits per heavy atom.